The molecule has 12 nitrogen and oxygen atoms in total. The minimum atomic E-state index is -0.902. The number of Topliss-reactive ketones (excluding diaryl/α,β-unsaturated/α-hetero) is 3. The molecule has 3 heterocycles. The fraction of sp³-hybridized carbons (Fsp3) is 0.738. The molecule has 55 heavy (non-hydrogen) atoms. The van der Waals surface area contributed by atoms with Gasteiger partial charge in [0.1, 0.15) is 11.6 Å². The molecule has 2 saturated carbocycles. The van der Waals surface area contributed by atoms with Crippen molar-refractivity contribution in [3.8, 4) is 0 Å². The summed E-state index contributed by atoms with van der Waals surface area (Å²) in [7, 11) is 3.19. The van der Waals surface area contributed by atoms with E-state index in [0.717, 1.165) is 44.9 Å². The lowest BCUT2D eigenvalue weighted by Crippen LogP contribution is -2.49. The van der Waals surface area contributed by atoms with Gasteiger partial charge >= 0.3 is 5.97 Å². The molecule has 0 radical (unpaired) electrons. The van der Waals surface area contributed by atoms with Crippen molar-refractivity contribution in [2.45, 2.75) is 147 Å². The van der Waals surface area contributed by atoms with Crippen LogP contribution in [-0.4, -0.2) is 94.8 Å². The highest BCUT2D eigenvalue weighted by Gasteiger charge is 2.56. The number of hydrogen-bond donors (Lipinski definition) is 1. The van der Waals surface area contributed by atoms with E-state index in [1.807, 2.05) is 19.2 Å². The maximum atomic E-state index is 14.7. The monoisotopic (exact) mass is 783 g/mol. The lowest BCUT2D eigenvalue weighted by molar-refractivity contribution is -0.160. The number of carbonyl (C=O) groups is 7. The molecule has 0 aromatic carbocycles. The fourth-order valence-corrected chi connectivity index (χ4v) is 9.63. The second-order valence-electron chi connectivity index (χ2n) is 18.1. The van der Waals surface area contributed by atoms with Crippen molar-refractivity contribution < 1.29 is 43.0 Å². The molecule has 0 bridgehead atoms. The quantitative estimate of drug-likeness (QED) is 0.157. The van der Waals surface area contributed by atoms with Gasteiger partial charge in [0.15, 0.2) is 11.6 Å². The zero-order valence-corrected chi connectivity index (χ0v) is 34.5. The minimum absolute atomic E-state index is 0.0112. The molecule has 4 fully saturated rings. The van der Waals surface area contributed by atoms with Crippen molar-refractivity contribution in [2.24, 2.45) is 29.6 Å². The average Bonchev–Trinajstić information content (AvgIpc) is 3.48. The summed E-state index contributed by atoms with van der Waals surface area (Å²) in [5.74, 6) is -4.76. The number of ketones is 3. The number of nitrogens with zero attached hydrogens (tertiary/aromatic N) is 2. The third-order valence-electron chi connectivity index (χ3n) is 11.6. The normalized spacial score (nSPS) is 24.0. The second kappa shape index (κ2) is 17.8. The zero-order chi connectivity index (χ0) is 40.2. The maximum Gasteiger partial charge on any atom is 0.307 e. The van der Waals surface area contributed by atoms with E-state index >= 15 is 0 Å². The van der Waals surface area contributed by atoms with Crippen LogP contribution in [-0.2, 0) is 43.0 Å². The Labute approximate surface area is 329 Å². The molecule has 6 atom stereocenters. The Bertz CT molecular complexity index is 1590. The number of rotatable bonds is 17. The Morgan fingerprint density at radius 1 is 1.00 bits per heavy atom. The number of fused-ring (bicyclic) bond motifs is 1. The Balaban J connectivity index is 1.31. The summed E-state index contributed by atoms with van der Waals surface area (Å²) >= 11 is 1.33. The summed E-state index contributed by atoms with van der Waals surface area (Å²) in [4.78, 5) is 99.2. The predicted molar refractivity (Wildman–Crippen MR) is 207 cm³/mol. The molecule has 1 N–H and O–H groups in total. The summed E-state index contributed by atoms with van der Waals surface area (Å²) in [6, 6.07) is 1.79. The van der Waals surface area contributed by atoms with E-state index < -0.39 is 58.6 Å². The third kappa shape index (κ3) is 11.3. The van der Waals surface area contributed by atoms with Crippen molar-refractivity contribution >= 4 is 52.4 Å². The Hall–Kier alpha value is -3.45. The molecular weight excluding hydrogens is 723 g/mol. The molecule has 13 heteroatoms. The highest BCUT2D eigenvalue weighted by molar-refractivity contribution is 7.10. The summed E-state index contributed by atoms with van der Waals surface area (Å²) in [5.41, 5.74) is -1.20. The van der Waals surface area contributed by atoms with Gasteiger partial charge in [-0.25, -0.2) is 0 Å². The van der Waals surface area contributed by atoms with Gasteiger partial charge in [0, 0.05) is 56.6 Å². The fourth-order valence-electron chi connectivity index (χ4n) is 8.86. The van der Waals surface area contributed by atoms with Gasteiger partial charge in [0.05, 0.1) is 30.1 Å². The van der Waals surface area contributed by atoms with E-state index in [2.05, 4.69) is 5.32 Å². The van der Waals surface area contributed by atoms with Crippen LogP contribution in [0, 0.1) is 29.6 Å². The van der Waals surface area contributed by atoms with E-state index in [0.29, 0.717) is 17.7 Å². The highest BCUT2D eigenvalue weighted by Crippen LogP contribution is 2.46. The number of likely N-dealkylation sites (tertiary alicyclic amines) is 1. The zero-order valence-electron chi connectivity index (χ0n) is 33.7. The van der Waals surface area contributed by atoms with Crippen molar-refractivity contribution in [3.05, 3.63) is 22.4 Å². The van der Waals surface area contributed by atoms with Gasteiger partial charge in [-0.15, -0.1) is 11.3 Å². The van der Waals surface area contributed by atoms with Crippen LogP contribution in [0.2, 0.25) is 0 Å². The first-order valence-electron chi connectivity index (χ1n) is 20.2. The SMILES string of the molecule is CN(C)C(=O)[C@@H](NC(=O)CCC(=O)C(=O)[C@@H](CC(=O)[C@@H]1[C@H]2CC(C)(C)O[C@H]2CN1C(=O)[C@@H](CC(=O)OC(C)(C)C)C1CCCCC1)CC1CC1)c1cccs1. The van der Waals surface area contributed by atoms with Gasteiger partial charge < -0.3 is 24.6 Å². The largest absolute Gasteiger partial charge is 0.460 e. The minimum Gasteiger partial charge on any atom is -0.460 e. The van der Waals surface area contributed by atoms with Gasteiger partial charge in [-0.3, -0.25) is 33.6 Å². The van der Waals surface area contributed by atoms with Gasteiger partial charge in [-0.05, 0) is 83.6 Å². The van der Waals surface area contributed by atoms with Crippen molar-refractivity contribution in [1.29, 1.82) is 0 Å². The summed E-state index contributed by atoms with van der Waals surface area (Å²) in [5, 5.41) is 4.53. The van der Waals surface area contributed by atoms with Crippen molar-refractivity contribution in [1.82, 2.24) is 15.1 Å². The first-order valence-corrected chi connectivity index (χ1v) is 21.1. The molecular formula is C42H61N3O9S. The number of amides is 3. The van der Waals surface area contributed by atoms with Gasteiger partial charge in [0.25, 0.3) is 0 Å². The van der Waals surface area contributed by atoms with Crippen molar-refractivity contribution in [2.75, 3.05) is 20.6 Å². The first kappa shape index (κ1) is 42.7. The molecule has 304 valence electrons. The Morgan fingerprint density at radius 2 is 1.69 bits per heavy atom. The van der Waals surface area contributed by atoms with Crippen LogP contribution >= 0.6 is 11.3 Å². The van der Waals surface area contributed by atoms with E-state index in [1.165, 1.54) is 16.2 Å². The number of hydrogen-bond acceptors (Lipinski definition) is 10. The standard InChI is InChI=1S/C42H61N3O9S/c1-41(2,3)54-35(49)22-28(26-12-9-8-10-13-26)39(51)45-24-32-29(23-42(4,5)53-32)37(45)31(47)21-27(20-25-15-16-25)38(50)30(46)17-18-34(48)43-36(40(52)44(6)7)33-14-11-19-55-33/h11,14,19,25-29,32,36-37H,8-10,12-13,15-18,20-24H2,1-7H3,(H,43,48)/t27-,28+,29+,32+,36+,37+/m1/s1. The van der Waals surface area contributed by atoms with E-state index in [4.69, 9.17) is 9.47 Å². The Morgan fingerprint density at radius 3 is 2.29 bits per heavy atom. The van der Waals surface area contributed by atoms with E-state index in [-0.39, 0.29) is 73.7 Å². The van der Waals surface area contributed by atoms with Crippen molar-refractivity contribution in [3.63, 3.8) is 0 Å². The van der Waals surface area contributed by atoms with Crippen LogP contribution < -0.4 is 5.32 Å². The molecule has 5 rings (SSSR count). The number of thiophene rings is 1. The highest BCUT2D eigenvalue weighted by atomic mass is 32.1. The van der Waals surface area contributed by atoms with Crippen LogP contribution in [0.5, 0.6) is 0 Å². The lowest BCUT2D eigenvalue weighted by Gasteiger charge is -2.36. The molecule has 0 spiro atoms. The molecule has 1 aromatic rings. The molecule has 2 saturated heterocycles. The molecule has 0 unspecified atom stereocenters. The summed E-state index contributed by atoms with van der Waals surface area (Å²) in [6.07, 6.45) is 6.17. The van der Waals surface area contributed by atoms with E-state index in [9.17, 15) is 33.6 Å². The smallest absolute Gasteiger partial charge is 0.307 e. The molecule has 4 aliphatic rings. The second-order valence-corrected chi connectivity index (χ2v) is 19.1. The molecule has 2 aliphatic heterocycles. The van der Waals surface area contributed by atoms with Gasteiger partial charge in [-0.1, -0.05) is 38.2 Å². The van der Waals surface area contributed by atoms with Crippen LogP contribution in [0.15, 0.2) is 17.5 Å². The number of likely N-dealkylation sites (N-methyl/N-ethyl adjacent to an activating group) is 1. The van der Waals surface area contributed by atoms with Crippen LogP contribution in [0.4, 0.5) is 0 Å². The van der Waals surface area contributed by atoms with Gasteiger partial charge in [0.2, 0.25) is 23.5 Å². The van der Waals surface area contributed by atoms with Gasteiger partial charge in [-0.2, -0.15) is 0 Å². The predicted octanol–water partition coefficient (Wildman–Crippen LogP) is 5.61. The molecule has 1 aromatic heterocycles. The van der Waals surface area contributed by atoms with E-state index in [1.54, 1.807) is 51.9 Å². The summed E-state index contributed by atoms with van der Waals surface area (Å²) in [6.45, 7) is 9.56. The number of nitrogens with one attached hydrogen (secondary N) is 1. The number of esters is 1. The molecule has 2 aliphatic carbocycles. The topological polar surface area (TPSA) is 156 Å². The van der Waals surface area contributed by atoms with Crippen LogP contribution in [0.1, 0.15) is 129 Å². The van der Waals surface area contributed by atoms with Crippen LogP contribution in [0.3, 0.4) is 0 Å². The van der Waals surface area contributed by atoms with Crippen LogP contribution in [0.25, 0.3) is 0 Å². The Kier molecular flexibility index (Phi) is 13.8. The first-order chi connectivity index (χ1) is 25.8. The number of ether oxygens (including phenoxy) is 2. The maximum absolute atomic E-state index is 14.7. The lowest BCUT2D eigenvalue weighted by atomic mass is 9.77. The average molecular weight is 784 g/mol. The third-order valence-corrected chi connectivity index (χ3v) is 12.5. The summed E-state index contributed by atoms with van der Waals surface area (Å²) < 4.78 is 12.1. The molecule has 3 amide bonds. The number of carbonyl (C=O) groups excluding carboxylic acids is 7.